The molecule has 2 fully saturated rings. The maximum Gasteiger partial charge on any atom is 0.119 e. The van der Waals surface area contributed by atoms with Gasteiger partial charge in [-0.2, -0.15) is 0 Å². The fourth-order valence-electron chi connectivity index (χ4n) is 2.86. The summed E-state index contributed by atoms with van der Waals surface area (Å²) in [5.74, 6) is 1.98. The average molecular weight is 248 g/mol. The Balaban J connectivity index is 1.72. The van der Waals surface area contributed by atoms with Crippen LogP contribution in [0.1, 0.15) is 12.8 Å². The summed E-state index contributed by atoms with van der Waals surface area (Å²) in [4.78, 5) is 0. The van der Waals surface area contributed by atoms with Crippen molar-refractivity contribution in [2.75, 3.05) is 26.4 Å². The normalized spacial score (nSPS) is 29.3. The molecule has 3 heteroatoms. The Bertz CT molecular complexity index is 337. The minimum atomic E-state index is 0.234. The van der Waals surface area contributed by atoms with Gasteiger partial charge in [0.25, 0.3) is 0 Å². The summed E-state index contributed by atoms with van der Waals surface area (Å²) >= 11 is 0. The fraction of sp³-hybridized carbons (Fsp3) is 0.600. The Labute approximate surface area is 108 Å². The van der Waals surface area contributed by atoms with Gasteiger partial charge in [-0.15, -0.1) is 0 Å². The van der Waals surface area contributed by atoms with Crippen molar-refractivity contribution in [3.05, 3.63) is 30.3 Å². The molecule has 0 bridgehead atoms. The zero-order valence-electron chi connectivity index (χ0n) is 10.6. The van der Waals surface area contributed by atoms with Crippen molar-refractivity contribution in [3.8, 4) is 5.75 Å². The van der Waals surface area contributed by atoms with Gasteiger partial charge in [0.05, 0.1) is 13.2 Å². The summed E-state index contributed by atoms with van der Waals surface area (Å²) in [5.41, 5.74) is 0. The predicted octanol–water partition coefficient (Wildman–Crippen LogP) is 2.51. The van der Waals surface area contributed by atoms with Crippen molar-refractivity contribution in [3.63, 3.8) is 0 Å². The van der Waals surface area contributed by atoms with Crippen LogP contribution in [0.15, 0.2) is 30.3 Å². The molecule has 0 amide bonds. The summed E-state index contributed by atoms with van der Waals surface area (Å²) in [6.07, 6.45) is 2.44. The summed E-state index contributed by atoms with van der Waals surface area (Å²) < 4.78 is 17.3. The summed E-state index contributed by atoms with van der Waals surface area (Å²) in [6, 6.07) is 10.1. The highest BCUT2D eigenvalue weighted by Crippen LogP contribution is 2.30. The second-order valence-electron chi connectivity index (χ2n) is 5.14. The Morgan fingerprint density at radius 3 is 2.06 bits per heavy atom. The molecule has 2 saturated heterocycles. The van der Waals surface area contributed by atoms with E-state index in [1.54, 1.807) is 0 Å². The van der Waals surface area contributed by atoms with E-state index in [9.17, 15) is 0 Å². The molecule has 1 aromatic rings. The zero-order valence-corrected chi connectivity index (χ0v) is 10.6. The lowest BCUT2D eigenvalue weighted by atomic mass is 9.89. The number of ether oxygens (including phenoxy) is 3. The molecular formula is C15H20O3. The molecule has 2 unspecified atom stereocenters. The molecule has 2 aliphatic rings. The third-order valence-electron chi connectivity index (χ3n) is 3.87. The van der Waals surface area contributed by atoms with Crippen molar-refractivity contribution in [1.29, 1.82) is 0 Å². The first-order valence-corrected chi connectivity index (χ1v) is 6.80. The van der Waals surface area contributed by atoms with E-state index < -0.39 is 0 Å². The number of para-hydroxylation sites is 1. The molecule has 2 atom stereocenters. The van der Waals surface area contributed by atoms with E-state index in [0.29, 0.717) is 11.8 Å². The Morgan fingerprint density at radius 1 is 0.944 bits per heavy atom. The van der Waals surface area contributed by atoms with Gasteiger partial charge < -0.3 is 14.2 Å². The molecule has 0 spiro atoms. The molecule has 0 N–H and O–H groups in total. The van der Waals surface area contributed by atoms with Crippen LogP contribution in [0.2, 0.25) is 0 Å². The van der Waals surface area contributed by atoms with Crippen LogP contribution >= 0.6 is 0 Å². The molecule has 1 aromatic carbocycles. The lowest BCUT2D eigenvalue weighted by Crippen LogP contribution is -2.35. The lowest BCUT2D eigenvalue weighted by molar-refractivity contribution is 0.0561. The highest BCUT2D eigenvalue weighted by molar-refractivity contribution is 5.21. The smallest absolute Gasteiger partial charge is 0.119 e. The van der Waals surface area contributed by atoms with E-state index in [4.69, 9.17) is 14.2 Å². The SMILES string of the molecule is c1ccc(OC(C2CCOC2)C2CCOC2)cc1. The molecule has 18 heavy (non-hydrogen) atoms. The topological polar surface area (TPSA) is 27.7 Å². The van der Waals surface area contributed by atoms with E-state index >= 15 is 0 Å². The molecule has 3 nitrogen and oxygen atoms in total. The van der Waals surface area contributed by atoms with Crippen LogP contribution in [-0.4, -0.2) is 32.5 Å². The van der Waals surface area contributed by atoms with Crippen molar-refractivity contribution < 1.29 is 14.2 Å². The number of rotatable bonds is 4. The van der Waals surface area contributed by atoms with Gasteiger partial charge >= 0.3 is 0 Å². The standard InChI is InChI=1S/C15H20O3/c1-2-4-14(5-3-1)18-15(12-6-8-16-10-12)13-7-9-17-11-13/h1-5,12-13,15H,6-11H2. The molecule has 0 aromatic heterocycles. The van der Waals surface area contributed by atoms with Gasteiger partial charge in [0, 0.05) is 25.0 Å². The maximum absolute atomic E-state index is 6.22. The van der Waals surface area contributed by atoms with Crippen LogP contribution in [-0.2, 0) is 9.47 Å². The van der Waals surface area contributed by atoms with Crippen LogP contribution in [0.4, 0.5) is 0 Å². The van der Waals surface area contributed by atoms with E-state index in [1.165, 1.54) is 0 Å². The third kappa shape index (κ3) is 2.68. The second-order valence-corrected chi connectivity index (χ2v) is 5.14. The highest BCUT2D eigenvalue weighted by atomic mass is 16.5. The van der Waals surface area contributed by atoms with Crippen molar-refractivity contribution >= 4 is 0 Å². The van der Waals surface area contributed by atoms with Gasteiger partial charge in [-0.3, -0.25) is 0 Å². The highest BCUT2D eigenvalue weighted by Gasteiger charge is 2.36. The van der Waals surface area contributed by atoms with Gasteiger partial charge in [-0.25, -0.2) is 0 Å². The molecule has 3 rings (SSSR count). The Morgan fingerprint density at radius 2 is 1.56 bits per heavy atom. The van der Waals surface area contributed by atoms with Crippen LogP contribution in [0.3, 0.4) is 0 Å². The largest absolute Gasteiger partial charge is 0.490 e. The molecule has 2 aliphatic heterocycles. The van der Waals surface area contributed by atoms with E-state index in [-0.39, 0.29) is 6.10 Å². The molecule has 2 heterocycles. The third-order valence-corrected chi connectivity index (χ3v) is 3.87. The van der Waals surface area contributed by atoms with Gasteiger partial charge in [0.1, 0.15) is 11.9 Å². The van der Waals surface area contributed by atoms with Crippen LogP contribution in [0.25, 0.3) is 0 Å². The summed E-state index contributed by atoms with van der Waals surface area (Å²) in [7, 11) is 0. The number of benzene rings is 1. The first kappa shape index (κ1) is 12.0. The van der Waals surface area contributed by atoms with E-state index in [1.807, 2.05) is 30.3 Å². The summed E-state index contributed by atoms with van der Waals surface area (Å²) in [6.45, 7) is 3.39. The average Bonchev–Trinajstić information content (AvgIpc) is 3.11. The van der Waals surface area contributed by atoms with Crippen molar-refractivity contribution in [2.24, 2.45) is 11.8 Å². The summed E-state index contributed by atoms with van der Waals surface area (Å²) in [5, 5.41) is 0. The van der Waals surface area contributed by atoms with Crippen LogP contribution in [0.5, 0.6) is 5.75 Å². The first-order chi connectivity index (χ1) is 8.93. The monoisotopic (exact) mass is 248 g/mol. The van der Waals surface area contributed by atoms with Gasteiger partial charge in [0.2, 0.25) is 0 Å². The molecule has 0 aliphatic carbocycles. The van der Waals surface area contributed by atoms with Gasteiger partial charge in [-0.1, -0.05) is 18.2 Å². The molecule has 0 saturated carbocycles. The Kier molecular flexibility index (Phi) is 3.81. The second kappa shape index (κ2) is 5.72. The minimum Gasteiger partial charge on any atom is -0.490 e. The van der Waals surface area contributed by atoms with Crippen LogP contribution in [0, 0.1) is 11.8 Å². The zero-order chi connectivity index (χ0) is 12.2. The van der Waals surface area contributed by atoms with Crippen LogP contribution < -0.4 is 4.74 Å². The maximum atomic E-state index is 6.22. The Hall–Kier alpha value is -1.06. The number of hydrogen-bond acceptors (Lipinski definition) is 3. The molecular weight excluding hydrogens is 228 g/mol. The van der Waals surface area contributed by atoms with Gasteiger partial charge in [-0.05, 0) is 25.0 Å². The lowest BCUT2D eigenvalue weighted by Gasteiger charge is -2.28. The predicted molar refractivity (Wildman–Crippen MR) is 68.7 cm³/mol. The van der Waals surface area contributed by atoms with Crippen molar-refractivity contribution in [2.45, 2.75) is 18.9 Å². The van der Waals surface area contributed by atoms with E-state index in [0.717, 1.165) is 45.0 Å². The van der Waals surface area contributed by atoms with Gasteiger partial charge in [0.15, 0.2) is 0 Å². The molecule has 98 valence electrons. The minimum absolute atomic E-state index is 0.234. The molecule has 0 radical (unpaired) electrons. The first-order valence-electron chi connectivity index (χ1n) is 6.80. The van der Waals surface area contributed by atoms with Crippen molar-refractivity contribution in [1.82, 2.24) is 0 Å². The number of hydrogen-bond donors (Lipinski definition) is 0. The van der Waals surface area contributed by atoms with E-state index in [2.05, 4.69) is 0 Å². The fourth-order valence-corrected chi connectivity index (χ4v) is 2.86. The quantitative estimate of drug-likeness (QED) is 0.819.